The standard InChI is InChI=1S/C28H28N4O4S2/c1-2-36-27(35)20-12-15-30(16-13-20)24-21(25(33)31-14-7-6-10-23(31)29-24)18-22-26(34)32(28(37)38-22)17-11-19-8-4-3-5-9-19/h3-10,14,18,20H,2,11-13,15-17H2,1H3/b22-18-. The lowest BCUT2D eigenvalue weighted by molar-refractivity contribution is -0.148. The summed E-state index contributed by atoms with van der Waals surface area (Å²) in [4.78, 5) is 48.0. The fourth-order valence-electron chi connectivity index (χ4n) is 4.75. The van der Waals surface area contributed by atoms with Crippen molar-refractivity contribution >= 4 is 57.7 Å². The molecular formula is C28H28N4O4S2. The Morgan fingerprint density at radius 1 is 1.13 bits per heavy atom. The highest BCUT2D eigenvalue weighted by Crippen LogP contribution is 2.34. The molecule has 2 aliphatic rings. The van der Waals surface area contributed by atoms with E-state index in [1.54, 1.807) is 36.2 Å². The van der Waals surface area contributed by atoms with E-state index in [0.717, 1.165) is 5.56 Å². The topological polar surface area (TPSA) is 84.2 Å². The number of hydrogen-bond donors (Lipinski definition) is 0. The maximum atomic E-state index is 13.6. The van der Waals surface area contributed by atoms with Gasteiger partial charge in [0.25, 0.3) is 11.5 Å². The first-order valence-corrected chi connectivity index (χ1v) is 13.9. The molecule has 2 aromatic heterocycles. The van der Waals surface area contributed by atoms with Crippen LogP contribution in [0, 0.1) is 5.92 Å². The molecule has 2 fully saturated rings. The van der Waals surface area contributed by atoms with Crippen LogP contribution in [0.2, 0.25) is 0 Å². The number of piperidine rings is 1. The fraction of sp³-hybridized carbons (Fsp3) is 0.321. The number of anilines is 1. The molecule has 0 radical (unpaired) electrons. The number of benzene rings is 1. The van der Waals surface area contributed by atoms with Crippen LogP contribution in [0.25, 0.3) is 11.7 Å². The molecule has 5 rings (SSSR count). The number of rotatable bonds is 7. The van der Waals surface area contributed by atoms with Crippen molar-refractivity contribution in [2.45, 2.75) is 26.2 Å². The molecule has 0 unspecified atom stereocenters. The Morgan fingerprint density at radius 3 is 2.61 bits per heavy atom. The van der Waals surface area contributed by atoms with E-state index in [9.17, 15) is 14.4 Å². The van der Waals surface area contributed by atoms with Crippen molar-refractivity contribution in [2.75, 3.05) is 31.1 Å². The van der Waals surface area contributed by atoms with Crippen molar-refractivity contribution in [3.05, 3.63) is 81.1 Å². The van der Waals surface area contributed by atoms with Crippen molar-refractivity contribution in [1.29, 1.82) is 0 Å². The lowest BCUT2D eigenvalue weighted by atomic mass is 9.96. The van der Waals surface area contributed by atoms with E-state index in [1.165, 1.54) is 16.2 Å². The van der Waals surface area contributed by atoms with Crippen molar-refractivity contribution < 1.29 is 14.3 Å². The zero-order valence-corrected chi connectivity index (χ0v) is 22.7. The van der Waals surface area contributed by atoms with Crippen LogP contribution in [-0.4, -0.2) is 56.7 Å². The molecular weight excluding hydrogens is 520 g/mol. The molecule has 1 aromatic carbocycles. The molecule has 2 aliphatic heterocycles. The minimum Gasteiger partial charge on any atom is -0.466 e. The Kier molecular flexibility index (Phi) is 7.90. The largest absolute Gasteiger partial charge is 0.466 e. The number of thiocarbonyl (C=S) groups is 1. The molecule has 10 heteroatoms. The molecule has 1 amide bonds. The number of carbonyl (C=O) groups excluding carboxylic acids is 2. The Morgan fingerprint density at radius 2 is 1.87 bits per heavy atom. The van der Waals surface area contributed by atoms with Crippen LogP contribution in [0.5, 0.6) is 0 Å². The summed E-state index contributed by atoms with van der Waals surface area (Å²) in [6, 6.07) is 15.3. The summed E-state index contributed by atoms with van der Waals surface area (Å²) in [7, 11) is 0. The highest BCUT2D eigenvalue weighted by molar-refractivity contribution is 8.26. The highest BCUT2D eigenvalue weighted by atomic mass is 32.2. The number of ether oxygens (including phenoxy) is 1. The number of esters is 1. The maximum absolute atomic E-state index is 13.6. The Hall–Kier alpha value is -3.50. The van der Waals surface area contributed by atoms with Crippen molar-refractivity contribution in [3.63, 3.8) is 0 Å². The average Bonchev–Trinajstić information content (AvgIpc) is 3.21. The predicted molar refractivity (Wildman–Crippen MR) is 153 cm³/mol. The van der Waals surface area contributed by atoms with Gasteiger partial charge in [-0.05, 0) is 50.0 Å². The van der Waals surface area contributed by atoms with Crippen molar-refractivity contribution in [2.24, 2.45) is 5.92 Å². The van der Waals surface area contributed by atoms with Crippen LogP contribution >= 0.6 is 24.0 Å². The Bertz CT molecular complexity index is 1460. The summed E-state index contributed by atoms with van der Waals surface area (Å²) in [5, 5.41) is 0. The van der Waals surface area contributed by atoms with E-state index in [1.807, 2.05) is 41.3 Å². The first kappa shape index (κ1) is 26.1. The molecule has 38 heavy (non-hydrogen) atoms. The Labute approximate surface area is 230 Å². The van der Waals surface area contributed by atoms with E-state index in [0.29, 0.717) is 71.8 Å². The molecule has 0 N–H and O–H groups in total. The molecule has 196 valence electrons. The number of fused-ring (bicyclic) bond motifs is 1. The van der Waals surface area contributed by atoms with E-state index in [-0.39, 0.29) is 23.4 Å². The Balaban J connectivity index is 1.44. The molecule has 0 aliphatic carbocycles. The van der Waals surface area contributed by atoms with Crippen LogP contribution in [0.1, 0.15) is 30.9 Å². The number of pyridine rings is 1. The first-order valence-electron chi connectivity index (χ1n) is 12.7. The second-order valence-electron chi connectivity index (χ2n) is 9.17. The van der Waals surface area contributed by atoms with Gasteiger partial charge in [0.2, 0.25) is 0 Å². The molecule has 4 heterocycles. The number of nitrogens with zero attached hydrogens (tertiary/aromatic N) is 4. The van der Waals surface area contributed by atoms with Gasteiger partial charge in [-0.2, -0.15) is 0 Å². The van der Waals surface area contributed by atoms with Crippen LogP contribution in [0.15, 0.2) is 64.4 Å². The monoisotopic (exact) mass is 548 g/mol. The SMILES string of the molecule is CCOC(=O)C1CCN(c2nc3ccccn3c(=O)c2/C=C2\SC(=S)N(CCc3ccccc3)C2=O)CC1. The number of thioether (sulfide) groups is 1. The van der Waals surface area contributed by atoms with E-state index < -0.39 is 0 Å². The summed E-state index contributed by atoms with van der Waals surface area (Å²) in [5.74, 6) is -0.0475. The van der Waals surface area contributed by atoms with Gasteiger partial charge in [-0.3, -0.25) is 23.7 Å². The number of carbonyl (C=O) groups is 2. The third kappa shape index (κ3) is 5.37. The summed E-state index contributed by atoms with van der Waals surface area (Å²) in [6.07, 6.45) is 5.19. The van der Waals surface area contributed by atoms with Crippen LogP contribution in [-0.2, 0) is 20.7 Å². The van der Waals surface area contributed by atoms with Crippen LogP contribution < -0.4 is 10.5 Å². The van der Waals surface area contributed by atoms with E-state index in [2.05, 4.69) is 0 Å². The van der Waals surface area contributed by atoms with Gasteiger partial charge in [0.1, 0.15) is 15.8 Å². The maximum Gasteiger partial charge on any atom is 0.309 e. The second kappa shape index (κ2) is 11.5. The fourth-order valence-corrected chi connectivity index (χ4v) is 6.05. The van der Waals surface area contributed by atoms with Gasteiger partial charge in [0.05, 0.1) is 23.0 Å². The van der Waals surface area contributed by atoms with Gasteiger partial charge in [-0.25, -0.2) is 4.98 Å². The van der Waals surface area contributed by atoms with Gasteiger partial charge in [0, 0.05) is 25.8 Å². The molecule has 8 nitrogen and oxygen atoms in total. The third-order valence-electron chi connectivity index (χ3n) is 6.78. The van der Waals surface area contributed by atoms with Gasteiger partial charge >= 0.3 is 5.97 Å². The highest BCUT2D eigenvalue weighted by Gasteiger charge is 2.33. The second-order valence-corrected chi connectivity index (χ2v) is 10.8. The summed E-state index contributed by atoms with van der Waals surface area (Å²) in [6.45, 7) is 3.73. The first-order chi connectivity index (χ1) is 18.5. The minimum absolute atomic E-state index is 0.169. The van der Waals surface area contributed by atoms with Gasteiger partial charge in [-0.1, -0.05) is 60.4 Å². The quantitative estimate of drug-likeness (QED) is 0.250. The smallest absolute Gasteiger partial charge is 0.309 e. The predicted octanol–water partition coefficient (Wildman–Crippen LogP) is 3.92. The minimum atomic E-state index is -0.257. The average molecular weight is 549 g/mol. The van der Waals surface area contributed by atoms with Crippen molar-refractivity contribution in [1.82, 2.24) is 14.3 Å². The number of aromatic nitrogens is 2. The summed E-state index contributed by atoms with van der Waals surface area (Å²) < 4.78 is 7.16. The molecule has 0 spiro atoms. The molecule has 0 saturated carbocycles. The van der Waals surface area contributed by atoms with E-state index in [4.69, 9.17) is 21.9 Å². The van der Waals surface area contributed by atoms with Crippen LogP contribution in [0.3, 0.4) is 0 Å². The molecule has 0 bridgehead atoms. The van der Waals surface area contributed by atoms with Gasteiger partial charge in [0.15, 0.2) is 0 Å². The third-order valence-corrected chi connectivity index (χ3v) is 8.16. The zero-order chi connectivity index (χ0) is 26.6. The lowest BCUT2D eigenvalue weighted by Crippen LogP contribution is -2.39. The molecule has 3 aromatic rings. The van der Waals surface area contributed by atoms with Gasteiger partial charge in [-0.15, -0.1) is 0 Å². The molecule has 0 atom stereocenters. The van der Waals surface area contributed by atoms with Crippen LogP contribution in [0.4, 0.5) is 5.82 Å². The lowest BCUT2D eigenvalue weighted by Gasteiger charge is -2.32. The zero-order valence-electron chi connectivity index (χ0n) is 21.0. The van der Waals surface area contributed by atoms with Crippen molar-refractivity contribution in [3.8, 4) is 0 Å². The summed E-state index contributed by atoms with van der Waals surface area (Å²) in [5.41, 5.74) is 1.73. The summed E-state index contributed by atoms with van der Waals surface area (Å²) >= 11 is 6.73. The normalized spacial score (nSPS) is 17.6. The molecule has 2 saturated heterocycles. The van der Waals surface area contributed by atoms with E-state index >= 15 is 0 Å². The number of hydrogen-bond acceptors (Lipinski definition) is 8. The number of amides is 1. The van der Waals surface area contributed by atoms with Gasteiger partial charge < -0.3 is 9.64 Å².